The molecular formula is C76H105N15O29. The topological polar surface area (TPSA) is 687 Å². The van der Waals surface area contributed by atoms with Gasteiger partial charge in [-0.2, -0.15) is 0 Å². The average Bonchev–Trinajstić information content (AvgIpc) is 0.876. The number of benzene rings is 6. The molecule has 6 aromatic carbocycles. The van der Waals surface area contributed by atoms with Gasteiger partial charge in [-0.25, -0.2) is 19.2 Å². The van der Waals surface area contributed by atoms with Gasteiger partial charge in [0.1, 0.15) is 64.8 Å². The number of phenolic OH excluding ortho intramolecular Hbond substituents is 4. The molecule has 0 saturated heterocycles. The van der Waals surface area contributed by atoms with E-state index in [2.05, 4.69) is 45.1 Å². The standard InChI is InChI=1S/C18H26N2O8.C18H20N2O6.C17H18N2O6.C13H19N3O5.C10H22N6O4/c1-18(2,3)28-17(23)19-15(12-13-6-8-14(21)9-7-13)16(22)26-10-4-5-11-27-20(24)25;19-17(12-14-3-7-15(21)8-4-14)18(22)26-16-9-5-13(6-10-16)2-1-11-25-20(23)24;18-16(11-13-1-5-14(20)6-2-13)17(21)25-15-7-3-12(4-8-15)9-10-24-19(22)23;14-12(9-10-3-5-11(17)6-4-10)13(18)15-7-1-2-8-21-16(19)20;11-8(4-3-6-15-10(12)13)9(17)14-5-1-2-7-20-16(18)19/h6-9,15,21H,4-5,10-12H2,1-3H3,(H,19,23);3-10,17,21H,1-2,11-12,19H2;1-8,16,20H,9-11,18H2;3-6,12,17H,1-2,7-9,14H2,(H,15,18);8H,1-7,11H2,(H,14,17)(H4,12,13,15). The van der Waals surface area contributed by atoms with Gasteiger partial charge in [-0.1, -0.05) is 72.8 Å². The number of carbonyl (C=O) groups is 6. The van der Waals surface area contributed by atoms with Crippen LogP contribution < -0.4 is 59.8 Å². The number of nitrogens with zero attached hydrogens (tertiary/aromatic N) is 6. The van der Waals surface area contributed by atoms with Crippen LogP contribution in [0.25, 0.3) is 0 Å². The van der Waals surface area contributed by atoms with Gasteiger partial charge >= 0.3 is 24.0 Å². The number of guanidine groups is 1. The van der Waals surface area contributed by atoms with E-state index in [-0.39, 0.29) is 93.3 Å². The van der Waals surface area contributed by atoms with Crippen molar-refractivity contribution in [2.75, 3.05) is 59.3 Å². The van der Waals surface area contributed by atoms with E-state index < -0.39 is 85.2 Å². The van der Waals surface area contributed by atoms with Crippen LogP contribution in [0.3, 0.4) is 0 Å². The van der Waals surface area contributed by atoms with Crippen molar-refractivity contribution in [1.29, 1.82) is 0 Å². The number of aromatic hydroxyl groups is 4. The van der Waals surface area contributed by atoms with Crippen molar-refractivity contribution in [1.82, 2.24) is 16.0 Å². The number of nitrogens with two attached hydrogens (primary N) is 6. The van der Waals surface area contributed by atoms with Gasteiger partial charge in [0.2, 0.25) is 11.8 Å². The lowest BCUT2D eigenvalue weighted by molar-refractivity contribution is -0.757. The Bertz CT molecular complexity index is 4090. The number of hydrogen-bond donors (Lipinski definition) is 13. The van der Waals surface area contributed by atoms with Crippen LogP contribution >= 0.6 is 0 Å². The van der Waals surface area contributed by atoms with Crippen LogP contribution in [0.4, 0.5) is 4.79 Å². The number of rotatable bonds is 47. The van der Waals surface area contributed by atoms with E-state index in [1.807, 2.05) is 0 Å². The van der Waals surface area contributed by atoms with E-state index in [1.54, 1.807) is 118 Å². The number of esters is 3. The molecule has 0 aliphatic carbocycles. The molecule has 0 aromatic heterocycles. The van der Waals surface area contributed by atoms with Gasteiger partial charge < -0.3 is 114 Å². The highest BCUT2D eigenvalue weighted by Gasteiger charge is 2.27. The minimum atomic E-state index is -0.991. The number of nitrogens with one attached hydrogen (secondary N) is 3. The maximum atomic E-state index is 12.4. The highest BCUT2D eigenvalue weighted by Crippen LogP contribution is 2.20. The Balaban J connectivity index is 0.000000511. The summed E-state index contributed by atoms with van der Waals surface area (Å²) < 4.78 is 20.8. The van der Waals surface area contributed by atoms with Crippen molar-refractivity contribution in [2.24, 2.45) is 39.4 Å². The number of aryl methyl sites for hydroxylation is 1. The Morgan fingerprint density at radius 2 is 0.725 bits per heavy atom. The first-order valence-electron chi connectivity index (χ1n) is 37.2. The number of carbonyl (C=O) groups excluding carboxylic acids is 6. The fourth-order valence-electron chi connectivity index (χ4n) is 9.60. The molecule has 0 saturated carbocycles. The van der Waals surface area contributed by atoms with Gasteiger partial charge in [-0.15, -0.1) is 50.6 Å². The van der Waals surface area contributed by atoms with Crippen LogP contribution in [-0.2, 0) is 96.2 Å². The molecule has 0 spiro atoms. The van der Waals surface area contributed by atoms with E-state index in [9.17, 15) is 94.7 Å². The fourth-order valence-corrected chi connectivity index (χ4v) is 9.60. The molecule has 0 radical (unpaired) electrons. The van der Waals surface area contributed by atoms with Crippen molar-refractivity contribution < 1.29 is 118 Å². The highest BCUT2D eigenvalue weighted by atomic mass is 17.0. The summed E-state index contributed by atoms with van der Waals surface area (Å²) in [6.45, 7) is 6.31. The first-order chi connectivity index (χ1) is 56.9. The molecule has 0 aliphatic heterocycles. The van der Waals surface area contributed by atoms with Crippen molar-refractivity contribution in [3.8, 4) is 34.5 Å². The largest absolute Gasteiger partial charge is 0.508 e. The molecule has 5 atom stereocenters. The molecular weight excluding hydrogens is 1590 g/mol. The first-order valence-corrected chi connectivity index (χ1v) is 37.2. The second-order valence-electron chi connectivity index (χ2n) is 26.7. The molecule has 3 amide bonds. The van der Waals surface area contributed by atoms with Crippen LogP contribution in [0, 0.1) is 50.6 Å². The van der Waals surface area contributed by atoms with Gasteiger partial charge in [0.15, 0.2) is 5.96 Å². The second kappa shape index (κ2) is 58.2. The third-order valence-electron chi connectivity index (χ3n) is 15.6. The van der Waals surface area contributed by atoms with Gasteiger partial charge in [-0.05, 0) is 217 Å². The number of amides is 3. The maximum Gasteiger partial charge on any atom is 0.408 e. The predicted molar refractivity (Wildman–Crippen MR) is 428 cm³/mol. The lowest BCUT2D eigenvalue weighted by atomic mass is 10.1. The van der Waals surface area contributed by atoms with E-state index in [1.165, 1.54) is 48.5 Å². The molecule has 0 fully saturated rings. The molecule has 6 rings (SSSR count). The van der Waals surface area contributed by atoms with Crippen LogP contribution in [0.15, 0.2) is 151 Å². The zero-order valence-corrected chi connectivity index (χ0v) is 66.4. The molecule has 0 aliphatic rings. The van der Waals surface area contributed by atoms with Crippen LogP contribution in [0.1, 0.15) is 112 Å². The van der Waals surface area contributed by atoms with Crippen molar-refractivity contribution >= 4 is 41.8 Å². The molecule has 658 valence electrons. The summed E-state index contributed by atoms with van der Waals surface area (Å²) in [4.78, 5) is 146. The minimum Gasteiger partial charge on any atom is -0.508 e. The highest BCUT2D eigenvalue weighted by molar-refractivity contribution is 5.83. The van der Waals surface area contributed by atoms with E-state index in [4.69, 9.17) is 58.5 Å². The third kappa shape index (κ3) is 52.0. The fraction of sp³-hybridized carbons (Fsp3) is 0.434. The normalized spacial score (nSPS) is 11.7. The van der Waals surface area contributed by atoms with Crippen LogP contribution in [-0.4, -0.2) is 183 Å². The molecule has 44 heteroatoms. The van der Waals surface area contributed by atoms with Gasteiger partial charge in [0.05, 0.1) is 45.1 Å². The molecule has 6 aromatic rings. The molecule has 0 heterocycles. The quantitative estimate of drug-likeness (QED) is 0.00463. The molecule has 120 heavy (non-hydrogen) atoms. The Kier molecular flexibility index (Phi) is 49.6. The summed E-state index contributed by atoms with van der Waals surface area (Å²) in [7, 11) is 0. The Morgan fingerprint density at radius 1 is 0.400 bits per heavy atom. The average molecular weight is 1690 g/mol. The van der Waals surface area contributed by atoms with Gasteiger partial charge in [-0.3, -0.25) is 14.6 Å². The van der Waals surface area contributed by atoms with Crippen molar-refractivity contribution in [3.05, 3.63) is 230 Å². The summed E-state index contributed by atoms with van der Waals surface area (Å²) in [5.41, 5.74) is 37.7. The maximum absolute atomic E-state index is 12.4. The first kappa shape index (κ1) is 102. The van der Waals surface area contributed by atoms with Crippen LogP contribution in [0.2, 0.25) is 0 Å². The lowest BCUT2D eigenvalue weighted by Gasteiger charge is -2.23. The van der Waals surface area contributed by atoms with Crippen molar-refractivity contribution in [3.63, 3.8) is 0 Å². The predicted octanol–water partition coefficient (Wildman–Crippen LogP) is 4.83. The zero-order chi connectivity index (χ0) is 89.4. The summed E-state index contributed by atoms with van der Waals surface area (Å²) in [6, 6.07) is 35.0. The second-order valence-corrected chi connectivity index (χ2v) is 26.7. The number of aliphatic imine (C=N–C) groups is 1. The number of phenols is 4. The smallest absolute Gasteiger partial charge is 0.408 e. The number of hydrogen-bond acceptors (Lipinski definition) is 34. The van der Waals surface area contributed by atoms with E-state index in [0.29, 0.717) is 120 Å². The molecule has 19 N–H and O–H groups in total. The summed E-state index contributed by atoms with van der Waals surface area (Å²) in [5, 5.41) is 90.5. The number of alkyl carbamates (subject to hydrolysis) is 1. The van der Waals surface area contributed by atoms with Crippen LogP contribution in [0.5, 0.6) is 34.5 Å². The minimum absolute atomic E-state index is 0.0139. The van der Waals surface area contributed by atoms with Crippen molar-refractivity contribution in [2.45, 2.75) is 153 Å². The van der Waals surface area contributed by atoms with Gasteiger partial charge in [0, 0.05) is 26.1 Å². The number of ether oxygens (including phenoxy) is 4. The lowest BCUT2D eigenvalue weighted by Crippen LogP contribution is -2.45. The number of unbranched alkanes of at least 4 members (excludes halogenated alkanes) is 3. The Labute approximate surface area is 688 Å². The summed E-state index contributed by atoms with van der Waals surface area (Å²) in [5.74, 6) is -1.06. The third-order valence-corrected chi connectivity index (χ3v) is 15.6. The Hall–Kier alpha value is -13.8. The summed E-state index contributed by atoms with van der Waals surface area (Å²) in [6.07, 6.45) is 5.77. The van der Waals surface area contributed by atoms with Gasteiger partial charge in [0.25, 0.3) is 25.4 Å². The van der Waals surface area contributed by atoms with E-state index >= 15 is 0 Å². The Morgan fingerprint density at radius 3 is 1.10 bits per heavy atom. The molecule has 0 bridgehead atoms. The summed E-state index contributed by atoms with van der Waals surface area (Å²) >= 11 is 0. The molecule has 44 nitrogen and oxygen atoms in total. The zero-order valence-electron chi connectivity index (χ0n) is 66.4. The monoisotopic (exact) mass is 1690 g/mol. The SMILES string of the molecule is CC(C)(C)OC(=O)NC(Cc1ccc(O)cc1)C(=O)OCCCCO[N+](=O)[O-].NC(Cc1ccc(O)cc1)C(=O)NCCCCO[N+](=O)[O-].NC(Cc1ccc(O)cc1)C(=O)Oc1ccc(CCCO[N+](=O)[O-])cc1.NC(Cc1ccc(O)cc1)C(=O)Oc1ccc(CCO[N+](=O)[O-])cc1.NC(N)=NCCCC(N)C(=O)NCCCCO[N+](=O)[O-]. The molecule has 5 unspecified atom stereocenters. The van der Waals surface area contributed by atoms with E-state index in [0.717, 1.165) is 27.8 Å².